The molecule has 0 aromatic carbocycles. The third-order valence-corrected chi connectivity index (χ3v) is 2.63. The molecule has 0 amide bonds. The van der Waals surface area contributed by atoms with Gasteiger partial charge < -0.3 is 25.0 Å². The minimum absolute atomic E-state index is 0.223. The molecule has 1 unspecified atom stereocenters. The third-order valence-electron chi connectivity index (χ3n) is 2.63. The minimum atomic E-state index is -0.462. The summed E-state index contributed by atoms with van der Waals surface area (Å²) in [5.74, 6) is 0. The van der Waals surface area contributed by atoms with Crippen molar-refractivity contribution in [2.45, 2.75) is 51.7 Å². The summed E-state index contributed by atoms with van der Waals surface area (Å²) in [6.07, 6.45) is 3.91. The number of hydrogen-bond donors (Lipinski definition) is 3. The fourth-order valence-electron chi connectivity index (χ4n) is 1.61. The highest BCUT2D eigenvalue weighted by atomic mass is 16.5. The van der Waals surface area contributed by atoms with Gasteiger partial charge in [0.2, 0.25) is 0 Å². The molecule has 3 N–H and O–H groups in total. The van der Waals surface area contributed by atoms with E-state index in [4.69, 9.17) is 14.6 Å². The van der Waals surface area contributed by atoms with Gasteiger partial charge in [0.25, 0.3) is 0 Å². The maximum absolute atomic E-state index is 9.64. The van der Waals surface area contributed by atoms with Crippen molar-refractivity contribution >= 4 is 0 Å². The topological polar surface area (TPSA) is 71.0 Å². The van der Waals surface area contributed by atoms with E-state index in [0.717, 1.165) is 32.2 Å². The van der Waals surface area contributed by atoms with Crippen LogP contribution in [0.2, 0.25) is 0 Å². The number of unbranched alkanes of at least 4 members (excludes halogenated alkanes) is 3. The van der Waals surface area contributed by atoms with Gasteiger partial charge in [0, 0.05) is 13.2 Å². The number of nitrogens with one attached hydrogen (secondary N) is 1. The van der Waals surface area contributed by atoms with E-state index < -0.39 is 6.10 Å². The highest BCUT2D eigenvalue weighted by molar-refractivity contribution is 4.58. The van der Waals surface area contributed by atoms with Crippen LogP contribution in [0.25, 0.3) is 0 Å². The monoisotopic (exact) mass is 277 g/mol. The quantitative estimate of drug-likeness (QED) is 0.412. The predicted octanol–water partition coefficient (Wildman–Crippen LogP) is 0.931. The average molecular weight is 277 g/mol. The molecule has 5 nitrogen and oxygen atoms in total. The maximum Gasteiger partial charge on any atom is 0.0897 e. The van der Waals surface area contributed by atoms with Crippen molar-refractivity contribution in [2.24, 2.45) is 0 Å². The van der Waals surface area contributed by atoms with Crippen molar-refractivity contribution in [3.8, 4) is 0 Å². The molecule has 0 fully saturated rings. The van der Waals surface area contributed by atoms with Gasteiger partial charge in [-0.1, -0.05) is 12.8 Å². The summed E-state index contributed by atoms with van der Waals surface area (Å²) in [6, 6.07) is 0. The molecule has 116 valence electrons. The molecule has 0 rings (SSSR count). The summed E-state index contributed by atoms with van der Waals surface area (Å²) >= 11 is 0. The van der Waals surface area contributed by atoms with Crippen molar-refractivity contribution in [1.82, 2.24) is 5.32 Å². The molecule has 19 heavy (non-hydrogen) atoms. The van der Waals surface area contributed by atoms with E-state index in [9.17, 15) is 5.11 Å². The molecule has 0 aliphatic carbocycles. The fraction of sp³-hybridized carbons (Fsp3) is 1.00. The summed E-state index contributed by atoms with van der Waals surface area (Å²) in [4.78, 5) is 0. The molecule has 0 aliphatic heterocycles. The van der Waals surface area contributed by atoms with Crippen molar-refractivity contribution in [1.29, 1.82) is 0 Å². The van der Waals surface area contributed by atoms with Gasteiger partial charge >= 0.3 is 0 Å². The number of aliphatic hydroxyl groups is 2. The lowest BCUT2D eigenvalue weighted by atomic mass is 10.2. The van der Waals surface area contributed by atoms with Crippen LogP contribution in [0.4, 0.5) is 0 Å². The van der Waals surface area contributed by atoms with Crippen molar-refractivity contribution in [2.75, 3.05) is 39.5 Å². The smallest absolute Gasteiger partial charge is 0.0897 e. The van der Waals surface area contributed by atoms with E-state index in [1.54, 1.807) is 0 Å². The number of hydrogen-bond acceptors (Lipinski definition) is 5. The molecule has 5 heteroatoms. The molecular formula is C14H31NO4. The van der Waals surface area contributed by atoms with E-state index >= 15 is 0 Å². The number of aliphatic hydroxyl groups excluding tert-OH is 2. The van der Waals surface area contributed by atoms with Gasteiger partial charge in [0.15, 0.2) is 0 Å². The van der Waals surface area contributed by atoms with Crippen molar-refractivity contribution < 1.29 is 19.7 Å². The molecule has 0 spiro atoms. The van der Waals surface area contributed by atoms with Crippen LogP contribution in [0.15, 0.2) is 0 Å². The zero-order valence-electron chi connectivity index (χ0n) is 12.4. The van der Waals surface area contributed by atoms with E-state index in [2.05, 4.69) is 5.32 Å². The molecule has 0 aromatic rings. The Morgan fingerprint density at radius 2 is 1.79 bits per heavy atom. The van der Waals surface area contributed by atoms with Crippen LogP contribution in [0, 0.1) is 0 Å². The molecule has 0 saturated heterocycles. The predicted molar refractivity (Wildman–Crippen MR) is 76.3 cm³/mol. The van der Waals surface area contributed by atoms with Crippen LogP contribution in [-0.4, -0.2) is 61.9 Å². The first-order valence-electron chi connectivity index (χ1n) is 7.35. The first kappa shape index (κ1) is 18.8. The summed E-state index contributed by atoms with van der Waals surface area (Å²) in [7, 11) is 0. The lowest BCUT2D eigenvalue weighted by molar-refractivity contribution is -0.00992. The third kappa shape index (κ3) is 15.7. The van der Waals surface area contributed by atoms with E-state index in [-0.39, 0.29) is 12.7 Å². The Morgan fingerprint density at radius 3 is 2.47 bits per heavy atom. The zero-order valence-corrected chi connectivity index (χ0v) is 12.4. The normalized spacial score (nSPS) is 13.1. The summed E-state index contributed by atoms with van der Waals surface area (Å²) in [5, 5.41) is 21.5. The van der Waals surface area contributed by atoms with Gasteiger partial charge in [-0.15, -0.1) is 0 Å². The Bertz CT molecular complexity index is 179. The van der Waals surface area contributed by atoms with Gasteiger partial charge in [-0.3, -0.25) is 0 Å². The molecular weight excluding hydrogens is 246 g/mol. The standard InChI is InChI=1S/C14H31NO4/c1-13(2)19-10-9-18-12-14(17)11-15-7-5-3-4-6-8-16/h13-17H,3-12H2,1-2H3. The van der Waals surface area contributed by atoms with Gasteiger partial charge in [-0.2, -0.15) is 0 Å². The Hall–Kier alpha value is -0.200. The molecule has 0 bridgehead atoms. The minimum Gasteiger partial charge on any atom is -0.396 e. The SMILES string of the molecule is CC(C)OCCOCC(O)CNCCCCCCO. The lowest BCUT2D eigenvalue weighted by Crippen LogP contribution is -2.31. The molecule has 1 atom stereocenters. The van der Waals surface area contributed by atoms with Gasteiger partial charge in [0.1, 0.15) is 0 Å². The second kappa shape index (κ2) is 14.2. The van der Waals surface area contributed by atoms with E-state index in [0.29, 0.717) is 26.4 Å². The summed E-state index contributed by atoms with van der Waals surface area (Å²) in [5.41, 5.74) is 0. The molecule has 0 aromatic heterocycles. The average Bonchev–Trinajstić information content (AvgIpc) is 2.37. The largest absolute Gasteiger partial charge is 0.396 e. The Kier molecular flexibility index (Phi) is 14.1. The number of rotatable bonds is 14. The molecule has 0 aliphatic rings. The van der Waals surface area contributed by atoms with Crippen molar-refractivity contribution in [3.05, 3.63) is 0 Å². The fourth-order valence-corrected chi connectivity index (χ4v) is 1.61. The van der Waals surface area contributed by atoms with E-state index in [1.165, 1.54) is 0 Å². The van der Waals surface area contributed by atoms with Crippen molar-refractivity contribution in [3.63, 3.8) is 0 Å². The van der Waals surface area contributed by atoms with Crippen LogP contribution >= 0.6 is 0 Å². The van der Waals surface area contributed by atoms with Crippen LogP contribution in [0.5, 0.6) is 0 Å². The summed E-state index contributed by atoms with van der Waals surface area (Å²) < 4.78 is 10.6. The maximum atomic E-state index is 9.64. The highest BCUT2D eigenvalue weighted by Gasteiger charge is 2.03. The summed E-state index contributed by atoms with van der Waals surface area (Å²) in [6.45, 7) is 7.16. The van der Waals surface area contributed by atoms with Gasteiger partial charge in [-0.25, -0.2) is 0 Å². The Balaban J connectivity index is 3.14. The van der Waals surface area contributed by atoms with Gasteiger partial charge in [0.05, 0.1) is 32.0 Å². The Labute approximate surface area is 117 Å². The Morgan fingerprint density at radius 1 is 1.05 bits per heavy atom. The number of ether oxygens (including phenoxy) is 2. The van der Waals surface area contributed by atoms with Crippen LogP contribution in [0.3, 0.4) is 0 Å². The second-order valence-corrected chi connectivity index (χ2v) is 4.99. The first-order valence-corrected chi connectivity index (χ1v) is 7.35. The molecule has 0 heterocycles. The van der Waals surface area contributed by atoms with Crippen LogP contribution in [-0.2, 0) is 9.47 Å². The highest BCUT2D eigenvalue weighted by Crippen LogP contribution is 1.97. The lowest BCUT2D eigenvalue weighted by Gasteiger charge is -2.13. The first-order chi connectivity index (χ1) is 9.16. The molecule has 0 saturated carbocycles. The van der Waals surface area contributed by atoms with Gasteiger partial charge in [-0.05, 0) is 33.2 Å². The molecule has 0 radical (unpaired) electrons. The van der Waals surface area contributed by atoms with Crippen LogP contribution < -0.4 is 5.32 Å². The zero-order chi connectivity index (χ0) is 14.3. The second-order valence-electron chi connectivity index (χ2n) is 4.99. The van der Waals surface area contributed by atoms with Crippen LogP contribution in [0.1, 0.15) is 39.5 Å². The van der Waals surface area contributed by atoms with E-state index in [1.807, 2.05) is 13.8 Å².